The van der Waals surface area contributed by atoms with Crippen molar-refractivity contribution in [2.75, 3.05) is 18.4 Å². The van der Waals surface area contributed by atoms with E-state index in [0.717, 1.165) is 12.0 Å². The standard InChI is InChI=1S/C17H34BrN/c1-5-16(6-2)19(12-15(3)4)14-17(13-18)10-8-7-9-11-17/h15-16H,5-14H2,1-4H3. The maximum Gasteiger partial charge on any atom is 0.0100 e. The van der Waals surface area contributed by atoms with Crippen LogP contribution in [0.15, 0.2) is 0 Å². The fourth-order valence-corrected chi connectivity index (χ4v) is 4.42. The molecular formula is C17H34BrN. The van der Waals surface area contributed by atoms with Gasteiger partial charge in [-0.25, -0.2) is 0 Å². The largest absolute Gasteiger partial charge is 0.300 e. The van der Waals surface area contributed by atoms with Crippen molar-refractivity contribution in [3.63, 3.8) is 0 Å². The van der Waals surface area contributed by atoms with Gasteiger partial charge in [0.15, 0.2) is 0 Å². The Kier molecular flexibility index (Phi) is 7.98. The van der Waals surface area contributed by atoms with Crippen LogP contribution in [0.2, 0.25) is 0 Å². The summed E-state index contributed by atoms with van der Waals surface area (Å²) in [6, 6.07) is 0.778. The van der Waals surface area contributed by atoms with E-state index in [2.05, 4.69) is 48.5 Å². The van der Waals surface area contributed by atoms with Gasteiger partial charge in [0.1, 0.15) is 0 Å². The molecule has 0 heterocycles. The van der Waals surface area contributed by atoms with Crippen molar-refractivity contribution in [1.29, 1.82) is 0 Å². The third kappa shape index (κ3) is 5.38. The summed E-state index contributed by atoms with van der Waals surface area (Å²) >= 11 is 3.83. The fourth-order valence-electron chi connectivity index (χ4n) is 3.68. The fraction of sp³-hybridized carbons (Fsp3) is 1.00. The molecule has 1 saturated carbocycles. The van der Waals surface area contributed by atoms with Gasteiger partial charge in [-0.1, -0.05) is 62.9 Å². The van der Waals surface area contributed by atoms with Gasteiger partial charge >= 0.3 is 0 Å². The maximum atomic E-state index is 3.83. The van der Waals surface area contributed by atoms with Gasteiger partial charge in [0.25, 0.3) is 0 Å². The minimum atomic E-state index is 0.551. The number of alkyl halides is 1. The molecule has 0 radical (unpaired) electrons. The summed E-state index contributed by atoms with van der Waals surface area (Å²) in [5, 5.41) is 1.19. The van der Waals surface area contributed by atoms with Gasteiger partial charge in [0.2, 0.25) is 0 Å². The summed E-state index contributed by atoms with van der Waals surface area (Å²) in [7, 11) is 0. The molecule has 1 fully saturated rings. The van der Waals surface area contributed by atoms with Gasteiger partial charge in [-0.2, -0.15) is 0 Å². The molecule has 0 unspecified atom stereocenters. The van der Waals surface area contributed by atoms with Gasteiger partial charge in [0, 0.05) is 24.5 Å². The molecule has 0 aliphatic heterocycles. The average molecular weight is 332 g/mol. The first-order chi connectivity index (χ1) is 9.06. The SMILES string of the molecule is CCC(CC)N(CC(C)C)CC1(CBr)CCCCC1. The maximum absolute atomic E-state index is 3.83. The predicted octanol–water partition coefficient (Wildman–Crippen LogP) is 5.48. The summed E-state index contributed by atoms with van der Waals surface area (Å²) in [4.78, 5) is 2.80. The van der Waals surface area contributed by atoms with E-state index in [1.54, 1.807) is 0 Å². The molecule has 0 aromatic carbocycles. The first-order valence-corrected chi connectivity index (χ1v) is 9.49. The Labute approximate surface area is 129 Å². The van der Waals surface area contributed by atoms with Crippen molar-refractivity contribution in [2.45, 2.75) is 78.7 Å². The number of rotatable bonds is 8. The number of hydrogen-bond acceptors (Lipinski definition) is 1. The molecule has 1 aliphatic carbocycles. The Morgan fingerprint density at radius 1 is 1.05 bits per heavy atom. The zero-order chi connectivity index (χ0) is 14.3. The van der Waals surface area contributed by atoms with Crippen molar-refractivity contribution in [2.24, 2.45) is 11.3 Å². The van der Waals surface area contributed by atoms with Crippen molar-refractivity contribution in [3.05, 3.63) is 0 Å². The van der Waals surface area contributed by atoms with Gasteiger partial charge < -0.3 is 0 Å². The zero-order valence-electron chi connectivity index (χ0n) is 13.6. The van der Waals surface area contributed by atoms with E-state index in [4.69, 9.17) is 0 Å². The summed E-state index contributed by atoms with van der Waals surface area (Å²) in [6.07, 6.45) is 9.75. The molecular weight excluding hydrogens is 298 g/mol. The summed E-state index contributed by atoms with van der Waals surface area (Å²) in [6.45, 7) is 12.0. The van der Waals surface area contributed by atoms with Crippen molar-refractivity contribution < 1.29 is 0 Å². The molecule has 0 aromatic rings. The molecule has 1 rings (SSSR count). The molecule has 1 aliphatic rings. The zero-order valence-corrected chi connectivity index (χ0v) is 15.1. The monoisotopic (exact) mass is 331 g/mol. The van der Waals surface area contributed by atoms with Gasteiger partial charge in [-0.15, -0.1) is 0 Å². The Morgan fingerprint density at radius 2 is 1.63 bits per heavy atom. The molecule has 114 valence electrons. The summed E-state index contributed by atoms with van der Waals surface area (Å²) in [5.74, 6) is 0.775. The molecule has 0 saturated heterocycles. The van der Waals surface area contributed by atoms with Gasteiger partial charge in [-0.3, -0.25) is 4.90 Å². The van der Waals surface area contributed by atoms with Crippen LogP contribution >= 0.6 is 15.9 Å². The normalized spacial score (nSPS) is 19.6. The topological polar surface area (TPSA) is 3.24 Å². The van der Waals surface area contributed by atoms with E-state index < -0.39 is 0 Å². The Morgan fingerprint density at radius 3 is 2.05 bits per heavy atom. The van der Waals surface area contributed by atoms with Crippen LogP contribution < -0.4 is 0 Å². The molecule has 0 amide bonds. The van der Waals surface area contributed by atoms with E-state index in [9.17, 15) is 0 Å². The highest BCUT2D eigenvalue weighted by Crippen LogP contribution is 2.39. The predicted molar refractivity (Wildman–Crippen MR) is 90.1 cm³/mol. The second-order valence-corrected chi connectivity index (χ2v) is 7.55. The summed E-state index contributed by atoms with van der Waals surface area (Å²) < 4.78 is 0. The second kappa shape index (κ2) is 8.67. The lowest BCUT2D eigenvalue weighted by Gasteiger charge is -2.43. The lowest BCUT2D eigenvalue weighted by Crippen LogP contribution is -2.46. The molecule has 0 N–H and O–H groups in total. The third-order valence-electron chi connectivity index (χ3n) is 4.79. The van der Waals surface area contributed by atoms with Crippen molar-refractivity contribution in [3.8, 4) is 0 Å². The van der Waals surface area contributed by atoms with Crippen LogP contribution in [0.1, 0.15) is 72.6 Å². The number of nitrogens with zero attached hydrogens (tertiary/aromatic N) is 1. The van der Waals surface area contributed by atoms with E-state index >= 15 is 0 Å². The van der Waals surface area contributed by atoms with Crippen molar-refractivity contribution in [1.82, 2.24) is 4.90 Å². The highest BCUT2D eigenvalue weighted by atomic mass is 79.9. The first-order valence-electron chi connectivity index (χ1n) is 8.37. The smallest absolute Gasteiger partial charge is 0.0100 e. The molecule has 0 aromatic heterocycles. The number of hydrogen-bond donors (Lipinski definition) is 0. The van der Waals surface area contributed by atoms with Gasteiger partial charge in [0.05, 0.1) is 0 Å². The lowest BCUT2D eigenvalue weighted by molar-refractivity contribution is 0.0790. The molecule has 1 nitrogen and oxygen atoms in total. The minimum Gasteiger partial charge on any atom is -0.300 e. The van der Waals surface area contributed by atoms with Crippen LogP contribution in [0.3, 0.4) is 0 Å². The molecule has 0 spiro atoms. The van der Waals surface area contributed by atoms with E-state index in [1.807, 2.05) is 0 Å². The van der Waals surface area contributed by atoms with Crippen molar-refractivity contribution >= 4 is 15.9 Å². The average Bonchev–Trinajstić information content (AvgIpc) is 2.40. The number of halogens is 1. The Hall–Kier alpha value is 0.440. The molecule has 2 heteroatoms. The Balaban J connectivity index is 2.72. The van der Waals surface area contributed by atoms with E-state index in [0.29, 0.717) is 5.41 Å². The van der Waals surface area contributed by atoms with Crippen LogP contribution in [0.25, 0.3) is 0 Å². The molecule has 19 heavy (non-hydrogen) atoms. The Bertz CT molecular complexity index is 229. The highest BCUT2D eigenvalue weighted by molar-refractivity contribution is 9.09. The summed E-state index contributed by atoms with van der Waals surface area (Å²) in [5.41, 5.74) is 0.551. The van der Waals surface area contributed by atoms with Crippen LogP contribution in [0, 0.1) is 11.3 Å². The first kappa shape index (κ1) is 17.5. The van der Waals surface area contributed by atoms with Crippen LogP contribution in [-0.4, -0.2) is 29.4 Å². The second-order valence-electron chi connectivity index (χ2n) is 6.99. The van der Waals surface area contributed by atoms with Crippen LogP contribution in [0.5, 0.6) is 0 Å². The van der Waals surface area contributed by atoms with Crippen LogP contribution in [-0.2, 0) is 0 Å². The van der Waals surface area contributed by atoms with Gasteiger partial charge in [-0.05, 0) is 37.0 Å². The quantitative estimate of drug-likeness (QED) is 0.532. The van der Waals surface area contributed by atoms with E-state index in [-0.39, 0.29) is 0 Å². The highest BCUT2D eigenvalue weighted by Gasteiger charge is 2.34. The van der Waals surface area contributed by atoms with E-state index in [1.165, 1.54) is 63.4 Å². The molecule has 0 atom stereocenters. The third-order valence-corrected chi connectivity index (χ3v) is 5.98. The lowest BCUT2D eigenvalue weighted by atomic mass is 9.75. The minimum absolute atomic E-state index is 0.551. The van der Waals surface area contributed by atoms with Crippen LogP contribution in [0.4, 0.5) is 0 Å². The molecule has 0 bridgehead atoms.